The Morgan fingerprint density at radius 1 is 1.10 bits per heavy atom. The molecule has 0 aliphatic carbocycles. The number of hydrogen-bond donors (Lipinski definition) is 1. The van der Waals surface area contributed by atoms with Gasteiger partial charge in [0, 0.05) is 25.6 Å². The monoisotopic (exact) mass is 413 g/mol. The maximum absolute atomic E-state index is 3.62. The van der Waals surface area contributed by atoms with Crippen LogP contribution in [0.25, 0.3) is 0 Å². The van der Waals surface area contributed by atoms with Crippen LogP contribution in [0.15, 0.2) is 62.4 Å². The molecule has 2 aromatic carbocycles. The lowest BCUT2D eigenvalue weighted by molar-refractivity contribution is 0.616. The molecule has 1 N–H and O–H groups in total. The van der Waals surface area contributed by atoms with Gasteiger partial charge in [0.05, 0.1) is 0 Å². The molecule has 0 aliphatic rings. The van der Waals surface area contributed by atoms with E-state index in [9.17, 15) is 0 Å². The van der Waals surface area contributed by atoms with E-state index in [0.29, 0.717) is 6.04 Å². The third-order valence-corrected chi connectivity index (χ3v) is 5.50. The third kappa shape index (κ3) is 4.92. The number of benzene rings is 2. The van der Waals surface area contributed by atoms with Crippen LogP contribution >= 0.6 is 43.6 Å². The Hall–Kier alpha value is -0.290. The van der Waals surface area contributed by atoms with Gasteiger partial charge in [-0.25, -0.2) is 0 Å². The number of rotatable bonds is 6. The molecule has 2 rings (SSSR count). The van der Waals surface area contributed by atoms with E-state index in [1.165, 1.54) is 14.9 Å². The summed E-state index contributed by atoms with van der Waals surface area (Å²) in [6.45, 7) is 0. The van der Waals surface area contributed by atoms with Crippen molar-refractivity contribution < 1.29 is 0 Å². The minimum absolute atomic E-state index is 0.456. The second-order valence-electron chi connectivity index (χ2n) is 4.55. The summed E-state index contributed by atoms with van der Waals surface area (Å²) in [6, 6.07) is 17.3. The van der Waals surface area contributed by atoms with Crippen molar-refractivity contribution in [1.82, 2.24) is 5.32 Å². The molecule has 0 bridgehead atoms. The lowest BCUT2D eigenvalue weighted by atomic mass is 10.1. The summed E-state index contributed by atoms with van der Waals surface area (Å²) in [6.07, 6.45) is 1.03. The first-order chi connectivity index (χ1) is 9.69. The minimum Gasteiger partial charge on any atom is -0.316 e. The Labute approximate surface area is 141 Å². The molecule has 0 aliphatic heterocycles. The third-order valence-electron chi connectivity index (χ3n) is 3.08. The highest BCUT2D eigenvalue weighted by molar-refractivity contribution is 9.10. The first-order valence-electron chi connectivity index (χ1n) is 6.48. The van der Waals surface area contributed by atoms with Crippen molar-refractivity contribution in [2.45, 2.75) is 17.4 Å². The average molecular weight is 415 g/mol. The highest BCUT2D eigenvalue weighted by Crippen LogP contribution is 2.24. The van der Waals surface area contributed by atoms with Gasteiger partial charge >= 0.3 is 0 Å². The molecule has 0 aromatic heterocycles. The number of halogens is 2. The van der Waals surface area contributed by atoms with Crippen LogP contribution < -0.4 is 5.32 Å². The molecule has 2 aromatic rings. The highest BCUT2D eigenvalue weighted by Gasteiger charge is 2.10. The van der Waals surface area contributed by atoms with Gasteiger partial charge in [0.2, 0.25) is 0 Å². The van der Waals surface area contributed by atoms with Crippen molar-refractivity contribution in [2.75, 3.05) is 12.8 Å². The SMILES string of the molecule is CNC(CSc1cccc(Br)c1)Cc1ccccc1Br. The van der Waals surface area contributed by atoms with E-state index in [1.807, 2.05) is 18.8 Å². The number of hydrogen-bond acceptors (Lipinski definition) is 2. The van der Waals surface area contributed by atoms with Gasteiger partial charge < -0.3 is 5.32 Å². The molecule has 0 amide bonds. The Kier molecular flexibility index (Phi) is 6.62. The van der Waals surface area contributed by atoms with Crippen LogP contribution in [0.1, 0.15) is 5.56 Å². The molecule has 0 radical (unpaired) electrons. The Bertz CT molecular complexity index is 560. The van der Waals surface area contributed by atoms with Gasteiger partial charge in [0.1, 0.15) is 0 Å². The van der Waals surface area contributed by atoms with Crippen LogP contribution in [0.2, 0.25) is 0 Å². The fraction of sp³-hybridized carbons (Fsp3) is 0.250. The molecule has 4 heteroatoms. The first-order valence-corrected chi connectivity index (χ1v) is 9.05. The normalized spacial score (nSPS) is 12.3. The van der Waals surface area contributed by atoms with Gasteiger partial charge in [-0.1, -0.05) is 56.1 Å². The van der Waals surface area contributed by atoms with E-state index in [4.69, 9.17) is 0 Å². The molecule has 106 valence electrons. The molecule has 0 saturated carbocycles. The van der Waals surface area contributed by atoms with Gasteiger partial charge in [0.15, 0.2) is 0 Å². The van der Waals surface area contributed by atoms with Gasteiger partial charge in [-0.2, -0.15) is 0 Å². The molecular weight excluding hydrogens is 398 g/mol. The first kappa shape index (κ1) is 16.1. The van der Waals surface area contributed by atoms with Gasteiger partial charge in [-0.05, 0) is 43.3 Å². The van der Waals surface area contributed by atoms with Gasteiger partial charge in [-0.3, -0.25) is 0 Å². The van der Waals surface area contributed by atoms with Crippen molar-refractivity contribution >= 4 is 43.6 Å². The van der Waals surface area contributed by atoms with E-state index in [1.54, 1.807) is 0 Å². The van der Waals surface area contributed by atoms with E-state index in [0.717, 1.165) is 16.6 Å². The zero-order valence-corrected chi connectivity index (χ0v) is 15.3. The lowest BCUT2D eigenvalue weighted by Crippen LogP contribution is -2.30. The molecule has 1 unspecified atom stereocenters. The Balaban J connectivity index is 1.94. The zero-order valence-electron chi connectivity index (χ0n) is 11.3. The number of thioether (sulfide) groups is 1. The topological polar surface area (TPSA) is 12.0 Å². The molecule has 0 heterocycles. The summed E-state index contributed by atoms with van der Waals surface area (Å²) in [5.41, 5.74) is 1.35. The summed E-state index contributed by atoms with van der Waals surface area (Å²) in [7, 11) is 2.03. The van der Waals surface area contributed by atoms with Crippen LogP contribution in [0.5, 0.6) is 0 Å². The fourth-order valence-electron chi connectivity index (χ4n) is 1.93. The highest BCUT2D eigenvalue weighted by atomic mass is 79.9. The molecule has 1 atom stereocenters. The van der Waals surface area contributed by atoms with Crippen LogP contribution in [0.4, 0.5) is 0 Å². The van der Waals surface area contributed by atoms with E-state index >= 15 is 0 Å². The predicted octanol–water partition coefficient (Wildman–Crippen LogP) is 5.13. The summed E-state index contributed by atoms with van der Waals surface area (Å²) < 4.78 is 2.32. The summed E-state index contributed by atoms with van der Waals surface area (Å²) in [5.74, 6) is 1.05. The van der Waals surface area contributed by atoms with Crippen LogP contribution in [-0.4, -0.2) is 18.8 Å². The lowest BCUT2D eigenvalue weighted by Gasteiger charge is -2.17. The summed E-state index contributed by atoms with van der Waals surface area (Å²) in [4.78, 5) is 1.30. The van der Waals surface area contributed by atoms with Gasteiger partial charge in [-0.15, -0.1) is 11.8 Å². The summed E-state index contributed by atoms with van der Waals surface area (Å²) in [5, 5.41) is 3.41. The second-order valence-corrected chi connectivity index (χ2v) is 7.41. The van der Waals surface area contributed by atoms with Gasteiger partial charge in [0.25, 0.3) is 0 Å². The largest absolute Gasteiger partial charge is 0.316 e. The van der Waals surface area contributed by atoms with E-state index in [2.05, 4.69) is 85.7 Å². The second kappa shape index (κ2) is 8.23. The Morgan fingerprint density at radius 3 is 2.60 bits per heavy atom. The van der Waals surface area contributed by atoms with Crippen LogP contribution in [0, 0.1) is 0 Å². The smallest absolute Gasteiger partial charge is 0.0207 e. The zero-order chi connectivity index (χ0) is 14.4. The van der Waals surface area contributed by atoms with Crippen molar-refractivity contribution in [1.29, 1.82) is 0 Å². The van der Waals surface area contributed by atoms with Crippen molar-refractivity contribution in [3.63, 3.8) is 0 Å². The predicted molar refractivity (Wildman–Crippen MR) is 95.6 cm³/mol. The van der Waals surface area contributed by atoms with Crippen molar-refractivity contribution in [3.8, 4) is 0 Å². The van der Waals surface area contributed by atoms with Crippen molar-refractivity contribution in [3.05, 3.63) is 63.0 Å². The quantitative estimate of drug-likeness (QED) is 0.657. The average Bonchev–Trinajstić information content (AvgIpc) is 2.45. The fourth-order valence-corrected chi connectivity index (χ4v) is 3.99. The standard InChI is InChI=1S/C16H17Br2NS/c1-19-14(9-12-5-2-3-8-16(12)18)11-20-15-7-4-6-13(17)10-15/h2-8,10,14,19H,9,11H2,1H3. The molecule has 1 nitrogen and oxygen atoms in total. The Morgan fingerprint density at radius 2 is 1.90 bits per heavy atom. The van der Waals surface area contributed by atoms with Crippen molar-refractivity contribution in [2.24, 2.45) is 0 Å². The van der Waals surface area contributed by atoms with E-state index < -0.39 is 0 Å². The maximum Gasteiger partial charge on any atom is 0.0207 e. The molecule has 20 heavy (non-hydrogen) atoms. The maximum atomic E-state index is 3.62. The summed E-state index contributed by atoms with van der Waals surface area (Å²) >= 11 is 9.02. The van der Waals surface area contributed by atoms with Crippen LogP contribution in [-0.2, 0) is 6.42 Å². The molecule has 0 saturated heterocycles. The number of nitrogens with one attached hydrogen (secondary N) is 1. The molecular formula is C16H17Br2NS. The van der Waals surface area contributed by atoms with E-state index in [-0.39, 0.29) is 0 Å². The molecule has 0 fully saturated rings. The van der Waals surface area contributed by atoms with Crippen LogP contribution in [0.3, 0.4) is 0 Å². The minimum atomic E-state index is 0.456. The number of likely N-dealkylation sites (N-methyl/N-ethyl adjacent to an activating group) is 1. The molecule has 0 spiro atoms.